The molecule has 1 atom stereocenters. The number of aromatic nitrogens is 2. The minimum absolute atomic E-state index is 0.0838. The number of carbonyl (C=O) groups excluding carboxylic acids is 2. The molecule has 7 heteroatoms. The summed E-state index contributed by atoms with van der Waals surface area (Å²) in [7, 11) is 1.33. The molecule has 2 heterocycles. The molecular weight excluding hydrogens is 332 g/mol. The minimum Gasteiger partial charge on any atom is -0.465 e. The van der Waals surface area contributed by atoms with Gasteiger partial charge in [0.15, 0.2) is 5.78 Å². The van der Waals surface area contributed by atoms with E-state index in [0.717, 1.165) is 24.1 Å². The Bertz CT molecular complexity index is 979. The van der Waals surface area contributed by atoms with Gasteiger partial charge in [-0.3, -0.25) is 4.79 Å². The number of hydrogen-bond donors (Lipinski definition) is 1. The fraction of sp³-hybridized carbons (Fsp3) is 0.263. The van der Waals surface area contributed by atoms with Crippen LogP contribution >= 0.6 is 0 Å². The van der Waals surface area contributed by atoms with Crippen LogP contribution in [-0.2, 0) is 9.53 Å². The summed E-state index contributed by atoms with van der Waals surface area (Å²) in [5.74, 6) is 0.269. The number of ketones is 1. The molecule has 0 fully saturated rings. The molecule has 0 spiro atoms. The van der Waals surface area contributed by atoms with Crippen molar-refractivity contribution in [2.45, 2.75) is 25.3 Å². The number of hydrogen-bond acceptors (Lipinski definition) is 6. The third kappa shape index (κ3) is 2.39. The third-order valence-electron chi connectivity index (χ3n) is 4.81. The normalized spacial score (nSPS) is 18.5. The topological polar surface area (TPSA) is 97.0 Å². The quantitative estimate of drug-likeness (QED) is 0.838. The summed E-state index contributed by atoms with van der Waals surface area (Å²) in [6, 6.07) is 8.66. The van der Waals surface area contributed by atoms with Crippen LogP contribution in [-0.4, -0.2) is 28.6 Å². The van der Waals surface area contributed by atoms with Gasteiger partial charge in [0.05, 0.1) is 18.9 Å². The number of methoxy groups -OCH3 is 1. The first-order valence-corrected chi connectivity index (χ1v) is 8.33. The predicted molar refractivity (Wildman–Crippen MR) is 92.4 cm³/mol. The van der Waals surface area contributed by atoms with E-state index in [2.05, 4.69) is 16.5 Å². The number of rotatable bonds is 2. The lowest BCUT2D eigenvalue weighted by Crippen LogP contribution is -2.31. The van der Waals surface area contributed by atoms with Crippen molar-refractivity contribution in [2.24, 2.45) is 0 Å². The Morgan fingerprint density at radius 3 is 2.81 bits per heavy atom. The average molecular weight is 348 g/mol. The molecule has 7 nitrogen and oxygen atoms in total. The van der Waals surface area contributed by atoms with Crippen molar-refractivity contribution in [3.8, 4) is 6.07 Å². The van der Waals surface area contributed by atoms with E-state index >= 15 is 0 Å². The van der Waals surface area contributed by atoms with Crippen molar-refractivity contribution in [3.05, 3.63) is 58.4 Å². The van der Waals surface area contributed by atoms with Crippen molar-refractivity contribution < 1.29 is 14.3 Å². The van der Waals surface area contributed by atoms with Gasteiger partial charge in [0.2, 0.25) is 0 Å². The number of Topliss-reactive ketones (excluding diaryl/α,β-unsaturated/α-hetero) is 1. The van der Waals surface area contributed by atoms with Crippen molar-refractivity contribution >= 4 is 17.6 Å². The summed E-state index contributed by atoms with van der Waals surface area (Å²) in [4.78, 5) is 24.3. The molecule has 130 valence electrons. The molecule has 4 rings (SSSR count). The first kappa shape index (κ1) is 16.1. The lowest BCUT2D eigenvalue weighted by molar-refractivity contribution is -0.116. The van der Waals surface area contributed by atoms with E-state index in [9.17, 15) is 14.9 Å². The van der Waals surface area contributed by atoms with Crippen LogP contribution in [0.1, 0.15) is 46.8 Å². The third-order valence-corrected chi connectivity index (χ3v) is 4.81. The monoisotopic (exact) mass is 348 g/mol. The molecule has 0 bridgehead atoms. The summed E-state index contributed by atoms with van der Waals surface area (Å²) in [6.07, 6.45) is 3.54. The van der Waals surface area contributed by atoms with Gasteiger partial charge in [-0.25, -0.2) is 9.48 Å². The zero-order chi connectivity index (χ0) is 18.3. The maximum atomic E-state index is 12.6. The van der Waals surface area contributed by atoms with E-state index in [0.29, 0.717) is 28.9 Å². The summed E-state index contributed by atoms with van der Waals surface area (Å²) < 4.78 is 6.41. The highest BCUT2D eigenvalue weighted by Crippen LogP contribution is 2.41. The Morgan fingerprint density at radius 1 is 1.35 bits per heavy atom. The second kappa shape index (κ2) is 6.15. The summed E-state index contributed by atoms with van der Waals surface area (Å²) >= 11 is 0. The van der Waals surface area contributed by atoms with Crippen molar-refractivity contribution in [3.63, 3.8) is 0 Å². The van der Waals surface area contributed by atoms with Gasteiger partial charge in [-0.05, 0) is 30.5 Å². The molecule has 1 unspecified atom stereocenters. The van der Waals surface area contributed by atoms with Gasteiger partial charge in [-0.1, -0.05) is 12.1 Å². The van der Waals surface area contributed by atoms with Crippen molar-refractivity contribution in [1.82, 2.24) is 9.78 Å². The molecule has 0 amide bonds. The number of nitriles is 1. The number of benzene rings is 1. The van der Waals surface area contributed by atoms with Gasteiger partial charge in [0.25, 0.3) is 0 Å². The van der Waals surface area contributed by atoms with Crippen LogP contribution in [0.4, 0.5) is 5.82 Å². The fourth-order valence-electron chi connectivity index (χ4n) is 3.57. The summed E-state index contributed by atoms with van der Waals surface area (Å²) in [5, 5.41) is 16.9. The van der Waals surface area contributed by atoms with Gasteiger partial charge in [-0.2, -0.15) is 10.4 Å². The number of ether oxygens (including phenoxy) is 1. The lowest BCUT2D eigenvalue weighted by Gasteiger charge is -2.33. The maximum absolute atomic E-state index is 12.6. The van der Waals surface area contributed by atoms with Crippen LogP contribution in [0.25, 0.3) is 0 Å². The Kier molecular flexibility index (Phi) is 3.81. The van der Waals surface area contributed by atoms with Crippen LogP contribution in [0.15, 0.2) is 41.7 Å². The molecule has 1 aromatic carbocycles. The smallest absolute Gasteiger partial charge is 0.337 e. The highest BCUT2D eigenvalue weighted by Gasteiger charge is 2.36. The molecule has 1 aliphatic heterocycles. The van der Waals surface area contributed by atoms with Gasteiger partial charge in [-0.15, -0.1) is 0 Å². The second-order valence-electron chi connectivity index (χ2n) is 6.27. The van der Waals surface area contributed by atoms with Crippen LogP contribution in [0.5, 0.6) is 0 Å². The van der Waals surface area contributed by atoms with Gasteiger partial charge < -0.3 is 10.1 Å². The van der Waals surface area contributed by atoms with Gasteiger partial charge >= 0.3 is 5.97 Å². The van der Waals surface area contributed by atoms with Crippen LogP contribution in [0.2, 0.25) is 0 Å². The minimum atomic E-state index is -0.415. The molecule has 0 saturated carbocycles. The van der Waals surface area contributed by atoms with Gasteiger partial charge in [0, 0.05) is 17.7 Å². The zero-order valence-electron chi connectivity index (χ0n) is 14.2. The maximum Gasteiger partial charge on any atom is 0.337 e. The number of allylic oxidation sites excluding steroid dienone is 2. The standard InChI is InChI=1S/C19H16N4O3/c1-26-19(25)12-7-5-11(6-8-12)17-16-14(3-2-4-15(16)24)22-18-13(9-20)10-21-23(17)18/h5-8,10,17,22H,2-4H2,1H3. The van der Waals surface area contributed by atoms with Crippen molar-refractivity contribution in [2.75, 3.05) is 12.4 Å². The molecule has 1 aliphatic carbocycles. The van der Waals surface area contributed by atoms with E-state index < -0.39 is 12.0 Å². The average Bonchev–Trinajstić information content (AvgIpc) is 3.08. The molecule has 2 aliphatic rings. The number of nitrogens with one attached hydrogen (secondary N) is 1. The highest BCUT2D eigenvalue weighted by atomic mass is 16.5. The molecule has 2 aromatic rings. The number of anilines is 1. The first-order valence-electron chi connectivity index (χ1n) is 8.33. The Hall–Kier alpha value is -3.40. The molecule has 0 radical (unpaired) electrons. The van der Waals surface area contributed by atoms with E-state index in [1.54, 1.807) is 28.9 Å². The largest absolute Gasteiger partial charge is 0.465 e. The van der Waals surface area contributed by atoms with E-state index in [1.165, 1.54) is 13.3 Å². The first-order chi connectivity index (χ1) is 12.6. The van der Waals surface area contributed by atoms with E-state index in [4.69, 9.17) is 4.74 Å². The highest BCUT2D eigenvalue weighted by molar-refractivity contribution is 5.99. The van der Waals surface area contributed by atoms with E-state index in [-0.39, 0.29) is 5.78 Å². The van der Waals surface area contributed by atoms with Crippen LogP contribution in [0.3, 0.4) is 0 Å². The van der Waals surface area contributed by atoms with Crippen molar-refractivity contribution in [1.29, 1.82) is 5.26 Å². The molecular formula is C19H16N4O3. The van der Waals surface area contributed by atoms with Crippen LogP contribution in [0, 0.1) is 11.3 Å². The molecule has 1 aromatic heterocycles. The summed E-state index contributed by atoms with van der Waals surface area (Å²) in [6.45, 7) is 0. The fourth-order valence-corrected chi connectivity index (χ4v) is 3.57. The Balaban J connectivity index is 1.85. The number of carbonyl (C=O) groups is 2. The number of esters is 1. The Labute approximate surface area is 149 Å². The SMILES string of the molecule is COC(=O)c1ccc(C2C3=C(CCCC3=O)Nc3c(C#N)cnn32)cc1. The molecule has 0 saturated heterocycles. The van der Waals surface area contributed by atoms with E-state index in [1.807, 2.05) is 0 Å². The molecule has 26 heavy (non-hydrogen) atoms. The predicted octanol–water partition coefficient (Wildman–Crippen LogP) is 2.56. The summed E-state index contributed by atoms with van der Waals surface area (Å²) in [5.41, 5.74) is 3.24. The second-order valence-corrected chi connectivity index (χ2v) is 6.27. The number of nitrogens with zero attached hydrogens (tertiary/aromatic N) is 3. The van der Waals surface area contributed by atoms with Gasteiger partial charge in [0.1, 0.15) is 23.5 Å². The Morgan fingerprint density at radius 2 is 2.12 bits per heavy atom. The zero-order valence-corrected chi connectivity index (χ0v) is 14.2. The molecule has 1 N–H and O–H groups in total. The number of fused-ring (bicyclic) bond motifs is 1. The lowest BCUT2D eigenvalue weighted by atomic mass is 9.85. The van der Waals surface area contributed by atoms with Crippen LogP contribution < -0.4 is 5.32 Å².